The minimum absolute atomic E-state index is 0.0464. The van der Waals surface area contributed by atoms with Gasteiger partial charge in [0.2, 0.25) is 0 Å². The lowest BCUT2D eigenvalue weighted by Crippen LogP contribution is -2.32. The summed E-state index contributed by atoms with van der Waals surface area (Å²) in [6.45, 7) is 5.17. The number of benzene rings is 2. The van der Waals surface area contributed by atoms with Gasteiger partial charge in [-0.15, -0.1) is 0 Å². The fraction of sp³-hybridized carbons (Fsp3) is 0.200. The maximum atomic E-state index is 12.4. The average Bonchev–Trinajstić information content (AvgIpc) is 2.85. The molecule has 0 fully saturated rings. The van der Waals surface area contributed by atoms with E-state index >= 15 is 0 Å². The van der Waals surface area contributed by atoms with Crippen LogP contribution in [0.2, 0.25) is 0 Å². The first kappa shape index (κ1) is 19.1. The summed E-state index contributed by atoms with van der Waals surface area (Å²) in [6.07, 6.45) is -0.682. The van der Waals surface area contributed by atoms with Crippen molar-refractivity contribution < 1.29 is 28.8 Å². The minimum atomic E-state index is -0.914. The van der Waals surface area contributed by atoms with Crippen molar-refractivity contribution >= 4 is 29.6 Å². The predicted octanol–water partition coefficient (Wildman–Crippen LogP) is 3.40. The zero-order valence-electron chi connectivity index (χ0n) is 15.5. The molecule has 1 heterocycles. The van der Waals surface area contributed by atoms with Crippen molar-refractivity contribution in [2.24, 2.45) is 0 Å². The molecular weight excluding hydrogens is 364 g/mol. The molecule has 0 saturated carbocycles. The highest BCUT2D eigenvalue weighted by atomic mass is 16.7. The second-order valence-electron chi connectivity index (χ2n) is 7.04. The second-order valence-corrected chi connectivity index (χ2v) is 7.04. The number of hydrogen-bond acceptors (Lipinski definition) is 6. The Morgan fingerprint density at radius 2 is 1.54 bits per heavy atom. The summed E-state index contributed by atoms with van der Waals surface area (Å²) >= 11 is 0. The van der Waals surface area contributed by atoms with Gasteiger partial charge in [-0.05, 0) is 51.1 Å². The Labute approximate surface area is 161 Å². The van der Waals surface area contributed by atoms with Crippen LogP contribution < -0.4 is 5.32 Å². The van der Waals surface area contributed by atoms with E-state index in [1.807, 2.05) is 0 Å². The van der Waals surface area contributed by atoms with E-state index in [0.29, 0.717) is 10.8 Å². The molecule has 2 aromatic rings. The van der Waals surface area contributed by atoms with E-state index in [0.717, 1.165) is 0 Å². The number of rotatable bonds is 3. The van der Waals surface area contributed by atoms with Crippen LogP contribution in [-0.4, -0.2) is 34.5 Å². The maximum absolute atomic E-state index is 12.4. The number of carbonyl (C=O) groups excluding carboxylic acids is 4. The number of carbonyl (C=O) groups is 4. The van der Waals surface area contributed by atoms with Gasteiger partial charge in [-0.3, -0.25) is 14.9 Å². The van der Waals surface area contributed by atoms with Crippen LogP contribution in [0.15, 0.2) is 48.5 Å². The third-order valence-electron chi connectivity index (χ3n) is 3.67. The van der Waals surface area contributed by atoms with Crippen LogP contribution in [0.5, 0.6) is 0 Å². The molecule has 8 heteroatoms. The first-order valence-electron chi connectivity index (χ1n) is 8.46. The summed E-state index contributed by atoms with van der Waals surface area (Å²) in [7, 11) is 0. The summed E-state index contributed by atoms with van der Waals surface area (Å²) in [6, 6.07) is 12.0. The van der Waals surface area contributed by atoms with Crippen molar-refractivity contribution in [1.29, 1.82) is 0 Å². The minimum Gasteiger partial charge on any atom is -0.444 e. The van der Waals surface area contributed by atoms with Crippen molar-refractivity contribution in [3.63, 3.8) is 0 Å². The molecule has 2 aromatic carbocycles. The number of nitrogens with one attached hydrogen (secondary N) is 1. The quantitative estimate of drug-likeness (QED) is 0.817. The van der Waals surface area contributed by atoms with Gasteiger partial charge in [-0.2, -0.15) is 0 Å². The largest absolute Gasteiger partial charge is 0.444 e. The summed E-state index contributed by atoms with van der Waals surface area (Å²) in [5.41, 5.74) is 0.00371. The zero-order chi connectivity index (χ0) is 20.5. The summed E-state index contributed by atoms with van der Waals surface area (Å²) in [5, 5.41) is 2.93. The van der Waals surface area contributed by atoms with Gasteiger partial charge in [-0.25, -0.2) is 9.59 Å². The molecule has 0 aromatic heterocycles. The van der Waals surface area contributed by atoms with E-state index in [1.54, 1.807) is 39.0 Å². The van der Waals surface area contributed by atoms with Gasteiger partial charge < -0.3 is 9.57 Å². The molecule has 144 valence electrons. The molecule has 3 rings (SSSR count). The van der Waals surface area contributed by atoms with E-state index in [2.05, 4.69) is 5.32 Å². The summed E-state index contributed by atoms with van der Waals surface area (Å²) < 4.78 is 5.15. The molecule has 0 radical (unpaired) electrons. The first-order chi connectivity index (χ1) is 13.2. The lowest BCUT2D eigenvalue weighted by Gasteiger charge is -2.19. The van der Waals surface area contributed by atoms with Crippen molar-refractivity contribution in [2.45, 2.75) is 26.4 Å². The lowest BCUT2D eigenvalue weighted by atomic mass is 10.1. The van der Waals surface area contributed by atoms with Crippen LogP contribution in [0.25, 0.3) is 0 Å². The van der Waals surface area contributed by atoms with E-state index in [9.17, 15) is 19.2 Å². The maximum Gasteiger partial charge on any atom is 0.412 e. The smallest absolute Gasteiger partial charge is 0.412 e. The SMILES string of the molecule is CC(C)(C)OC(=O)Nc1cccc(C(=O)ON2C(=O)c3ccccc3C2=O)c1. The number of fused-ring (bicyclic) bond motifs is 1. The molecule has 0 spiro atoms. The number of anilines is 1. The Morgan fingerprint density at radius 3 is 2.11 bits per heavy atom. The fourth-order valence-electron chi connectivity index (χ4n) is 2.53. The topological polar surface area (TPSA) is 102 Å². The number of ether oxygens (including phenoxy) is 1. The summed E-state index contributed by atoms with van der Waals surface area (Å²) in [4.78, 5) is 53.8. The van der Waals surface area contributed by atoms with E-state index in [1.165, 1.54) is 30.3 Å². The molecule has 1 aliphatic heterocycles. The highest BCUT2D eigenvalue weighted by Crippen LogP contribution is 2.23. The third kappa shape index (κ3) is 4.01. The first-order valence-corrected chi connectivity index (χ1v) is 8.46. The Hall–Kier alpha value is -3.68. The van der Waals surface area contributed by atoms with Gasteiger partial charge in [0.15, 0.2) is 0 Å². The van der Waals surface area contributed by atoms with Crippen LogP contribution in [0, 0.1) is 0 Å². The van der Waals surface area contributed by atoms with Crippen LogP contribution in [0.1, 0.15) is 51.8 Å². The molecule has 1 N–H and O–H groups in total. The molecule has 1 aliphatic rings. The number of hydroxylamine groups is 2. The van der Waals surface area contributed by atoms with Gasteiger partial charge in [0, 0.05) is 5.69 Å². The second kappa shape index (κ2) is 7.15. The predicted molar refractivity (Wildman–Crippen MR) is 98.7 cm³/mol. The van der Waals surface area contributed by atoms with Crippen LogP contribution in [0.3, 0.4) is 0 Å². The number of amides is 3. The number of nitrogens with zero attached hydrogens (tertiary/aromatic N) is 1. The number of imide groups is 1. The zero-order valence-corrected chi connectivity index (χ0v) is 15.5. The van der Waals surface area contributed by atoms with Gasteiger partial charge >= 0.3 is 12.1 Å². The van der Waals surface area contributed by atoms with Gasteiger partial charge in [0.1, 0.15) is 5.60 Å². The fourth-order valence-corrected chi connectivity index (χ4v) is 2.53. The van der Waals surface area contributed by atoms with Crippen LogP contribution >= 0.6 is 0 Å². The third-order valence-corrected chi connectivity index (χ3v) is 3.67. The van der Waals surface area contributed by atoms with Gasteiger partial charge in [0.05, 0.1) is 16.7 Å². The van der Waals surface area contributed by atoms with Crippen molar-refractivity contribution in [3.05, 3.63) is 65.2 Å². The normalized spacial score (nSPS) is 13.2. The van der Waals surface area contributed by atoms with Crippen LogP contribution in [-0.2, 0) is 9.57 Å². The van der Waals surface area contributed by atoms with E-state index in [4.69, 9.17) is 9.57 Å². The molecule has 0 atom stereocenters. The highest BCUT2D eigenvalue weighted by Gasteiger charge is 2.38. The molecule has 0 unspecified atom stereocenters. The standard InChI is InChI=1S/C20H18N2O6/c1-20(2,3)27-19(26)21-13-8-6-7-12(11-13)18(25)28-22-16(23)14-9-4-5-10-15(14)17(22)24/h4-11H,1-3H3,(H,21,26). The van der Waals surface area contributed by atoms with E-state index in [-0.39, 0.29) is 16.7 Å². The lowest BCUT2D eigenvalue weighted by molar-refractivity contribution is -0.0584. The average molecular weight is 382 g/mol. The van der Waals surface area contributed by atoms with Crippen LogP contribution in [0.4, 0.5) is 10.5 Å². The Balaban J connectivity index is 1.71. The molecule has 0 saturated heterocycles. The Kier molecular flexibility index (Phi) is 4.87. The summed E-state index contributed by atoms with van der Waals surface area (Å²) in [5.74, 6) is -2.34. The molecule has 8 nitrogen and oxygen atoms in total. The molecule has 28 heavy (non-hydrogen) atoms. The highest BCUT2D eigenvalue weighted by molar-refractivity contribution is 6.21. The van der Waals surface area contributed by atoms with Crippen molar-refractivity contribution in [2.75, 3.05) is 5.32 Å². The number of hydrogen-bond donors (Lipinski definition) is 1. The van der Waals surface area contributed by atoms with E-state index < -0.39 is 29.5 Å². The molecule has 0 aliphatic carbocycles. The molecule has 0 bridgehead atoms. The Bertz CT molecular complexity index is 942. The van der Waals surface area contributed by atoms with Gasteiger partial charge in [-0.1, -0.05) is 23.3 Å². The van der Waals surface area contributed by atoms with Crippen molar-refractivity contribution in [1.82, 2.24) is 5.06 Å². The Morgan fingerprint density at radius 1 is 0.929 bits per heavy atom. The monoisotopic (exact) mass is 382 g/mol. The molecule has 3 amide bonds. The van der Waals surface area contributed by atoms with Gasteiger partial charge in [0.25, 0.3) is 11.8 Å². The van der Waals surface area contributed by atoms with Crippen molar-refractivity contribution in [3.8, 4) is 0 Å². The molecular formula is C20H18N2O6.